The highest BCUT2D eigenvalue weighted by atomic mass is 16.5. The summed E-state index contributed by atoms with van der Waals surface area (Å²) in [5.74, 6) is 1.01. The summed E-state index contributed by atoms with van der Waals surface area (Å²) in [7, 11) is 0. The van der Waals surface area contributed by atoms with Gasteiger partial charge in [0.05, 0.1) is 6.61 Å². The lowest BCUT2D eigenvalue weighted by Crippen LogP contribution is -2.39. The van der Waals surface area contributed by atoms with Gasteiger partial charge < -0.3 is 10.5 Å². The third-order valence-corrected chi connectivity index (χ3v) is 3.31. The lowest BCUT2D eigenvalue weighted by molar-refractivity contribution is 0.222. The van der Waals surface area contributed by atoms with E-state index in [1.165, 1.54) is 5.56 Å². The molecule has 1 atom stereocenters. The number of rotatable bonds is 0. The highest BCUT2D eigenvalue weighted by Crippen LogP contribution is 2.41. The van der Waals surface area contributed by atoms with Crippen molar-refractivity contribution in [3.05, 3.63) is 29.3 Å². The SMILES string of the molecule is CC(C)(C)c1cccc2c1OCCC2(C)N. The first-order valence-electron chi connectivity index (χ1n) is 5.88. The van der Waals surface area contributed by atoms with Gasteiger partial charge in [-0.1, -0.05) is 39.0 Å². The number of para-hydroxylation sites is 1. The van der Waals surface area contributed by atoms with Crippen LogP contribution in [0.1, 0.15) is 45.2 Å². The smallest absolute Gasteiger partial charge is 0.128 e. The molecule has 16 heavy (non-hydrogen) atoms. The fraction of sp³-hybridized carbons (Fsp3) is 0.571. The van der Waals surface area contributed by atoms with Gasteiger partial charge in [0.25, 0.3) is 0 Å². The van der Waals surface area contributed by atoms with Crippen LogP contribution >= 0.6 is 0 Å². The summed E-state index contributed by atoms with van der Waals surface area (Å²) in [6.07, 6.45) is 0.883. The number of fused-ring (bicyclic) bond motifs is 1. The molecular formula is C14H21NO. The van der Waals surface area contributed by atoms with Crippen molar-refractivity contribution in [1.82, 2.24) is 0 Å². The molecular weight excluding hydrogens is 198 g/mol. The van der Waals surface area contributed by atoms with Crippen LogP contribution in [0.4, 0.5) is 0 Å². The lowest BCUT2D eigenvalue weighted by Gasteiger charge is -2.35. The van der Waals surface area contributed by atoms with Crippen molar-refractivity contribution >= 4 is 0 Å². The Morgan fingerprint density at radius 2 is 2.00 bits per heavy atom. The predicted molar refractivity (Wildman–Crippen MR) is 66.8 cm³/mol. The van der Waals surface area contributed by atoms with Gasteiger partial charge >= 0.3 is 0 Å². The zero-order valence-electron chi connectivity index (χ0n) is 10.6. The van der Waals surface area contributed by atoms with E-state index < -0.39 is 0 Å². The summed E-state index contributed by atoms with van der Waals surface area (Å²) in [6.45, 7) is 9.41. The van der Waals surface area contributed by atoms with Gasteiger partial charge in [-0.05, 0) is 17.9 Å². The van der Waals surface area contributed by atoms with Crippen molar-refractivity contribution in [2.45, 2.75) is 45.1 Å². The minimum absolute atomic E-state index is 0.0960. The van der Waals surface area contributed by atoms with Gasteiger partial charge in [-0.15, -0.1) is 0 Å². The molecule has 0 amide bonds. The zero-order chi connectivity index (χ0) is 12.0. The molecule has 2 heteroatoms. The Labute approximate surface area is 97.8 Å². The van der Waals surface area contributed by atoms with Gasteiger partial charge in [0, 0.05) is 17.5 Å². The molecule has 0 saturated carbocycles. The van der Waals surface area contributed by atoms with E-state index in [1.54, 1.807) is 0 Å². The Morgan fingerprint density at radius 1 is 1.31 bits per heavy atom. The van der Waals surface area contributed by atoms with Gasteiger partial charge in [0.1, 0.15) is 5.75 Å². The summed E-state index contributed by atoms with van der Waals surface area (Å²) in [4.78, 5) is 0. The van der Waals surface area contributed by atoms with Crippen LogP contribution in [0.15, 0.2) is 18.2 Å². The first kappa shape index (κ1) is 11.5. The number of hydrogen-bond donors (Lipinski definition) is 1. The van der Waals surface area contributed by atoms with Gasteiger partial charge in [-0.3, -0.25) is 0 Å². The molecule has 0 fully saturated rings. The van der Waals surface area contributed by atoms with E-state index in [0.29, 0.717) is 6.61 Å². The first-order valence-corrected chi connectivity index (χ1v) is 5.88. The second-order valence-corrected chi connectivity index (χ2v) is 5.95. The molecule has 1 aliphatic rings. The third-order valence-electron chi connectivity index (χ3n) is 3.31. The molecule has 2 nitrogen and oxygen atoms in total. The lowest BCUT2D eigenvalue weighted by atomic mass is 9.80. The molecule has 2 rings (SSSR count). The van der Waals surface area contributed by atoms with E-state index in [0.717, 1.165) is 17.7 Å². The Balaban J connectivity index is 2.61. The molecule has 1 aromatic carbocycles. The maximum Gasteiger partial charge on any atom is 0.128 e. The fourth-order valence-electron chi connectivity index (χ4n) is 2.23. The number of nitrogens with two attached hydrogens (primary N) is 1. The van der Waals surface area contributed by atoms with Crippen LogP contribution in [0.25, 0.3) is 0 Å². The quantitative estimate of drug-likeness (QED) is 0.728. The van der Waals surface area contributed by atoms with Crippen molar-refractivity contribution in [2.24, 2.45) is 5.73 Å². The fourth-order valence-corrected chi connectivity index (χ4v) is 2.23. The Kier molecular flexibility index (Phi) is 2.50. The summed E-state index contributed by atoms with van der Waals surface area (Å²) >= 11 is 0. The van der Waals surface area contributed by atoms with E-state index in [1.807, 2.05) is 0 Å². The molecule has 2 N–H and O–H groups in total. The number of hydrogen-bond acceptors (Lipinski definition) is 2. The minimum atomic E-state index is -0.255. The predicted octanol–water partition coefficient (Wildman–Crippen LogP) is 2.94. The Hall–Kier alpha value is -1.02. The van der Waals surface area contributed by atoms with E-state index in [9.17, 15) is 0 Å². The summed E-state index contributed by atoms with van der Waals surface area (Å²) in [6, 6.07) is 6.31. The van der Waals surface area contributed by atoms with Crippen molar-refractivity contribution in [1.29, 1.82) is 0 Å². The van der Waals surface area contributed by atoms with Crippen molar-refractivity contribution in [3.63, 3.8) is 0 Å². The second kappa shape index (κ2) is 3.49. The molecule has 1 aliphatic heterocycles. The van der Waals surface area contributed by atoms with Gasteiger partial charge in [0.15, 0.2) is 0 Å². The van der Waals surface area contributed by atoms with Crippen LogP contribution in [-0.4, -0.2) is 6.61 Å². The van der Waals surface area contributed by atoms with Crippen LogP contribution in [0.2, 0.25) is 0 Å². The molecule has 0 radical (unpaired) electrons. The molecule has 0 saturated heterocycles. The normalized spacial score (nSPS) is 24.8. The van der Waals surface area contributed by atoms with E-state index >= 15 is 0 Å². The maximum atomic E-state index is 6.32. The van der Waals surface area contributed by atoms with Gasteiger partial charge in [-0.2, -0.15) is 0 Å². The van der Waals surface area contributed by atoms with Gasteiger partial charge in [0.2, 0.25) is 0 Å². The zero-order valence-corrected chi connectivity index (χ0v) is 10.6. The molecule has 0 aromatic heterocycles. The minimum Gasteiger partial charge on any atom is -0.493 e. The van der Waals surface area contributed by atoms with E-state index in [4.69, 9.17) is 10.5 Å². The monoisotopic (exact) mass is 219 g/mol. The number of ether oxygens (including phenoxy) is 1. The molecule has 0 aliphatic carbocycles. The summed E-state index contributed by atoms with van der Waals surface area (Å²) in [5, 5.41) is 0. The van der Waals surface area contributed by atoms with Crippen LogP contribution in [0.5, 0.6) is 5.75 Å². The van der Waals surface area contributed by atoms with Crippen LogP contribution in [0.3, 0.4) is 0 Å². The molecule has 1 heterocycles. The molecule has 0 bridgehead atoms. The Bertz CT molecular complexity index is 387. The van der Waals surface area contributed by atoms with E-state index in [-0.39, 0.29) is 11.0 Å². The van der Waals surface area contributed by atoms with Crippen LogP contribution < -0.4 is 10.5 Å². The van der Waals surface area contributed by atoms with Crippen LogP contribution in [0, 0.1) is 0 Å². The summed E-state index contributed by atoms with van der Waals surface area (Å²) in [5.41, 5.74) is 8.56. The van der Waals surface area contributed by atoms with Crippen molar-refractivity contribution in [3.8, 4) is 5.75 Å². The summed E-state index contributed by atoms with van der Waals surface area (Å²) < 4.78 is 5.84. The Morgan fingerprint density at radius 3 is 2.62 bits per heavy atom. The van der Waals surface area contributed by atoms with Crippen LogP contribution in [-0.2, 0) is 11.0 Å². The number of benzene rings is 1. The molecule has 0 spiro atoms. The van der Waals surface area contributed by atoms with Gasteiger partial charge in [-0.25, -0.2) is 0 Å². The standard InChI is InChI=1S/C14H21NO/c1-13(2,3)10-6-5-7-11-12(10)16-9-8-14(11,4)15/h5-7H,8-9,15H2,1-4H3. The average molecular weight is 219 g/mol. The maximum absolute atomic E-state index is 6.32. The molecule has 1 aromatic rings. The highest BCUT2D eigenvalue weighted by molar-refractivity contribution is 5.49. The second-order valence-electron chi connectivity index (χ2n) is 5.95. The first-order chi connectivity index (χ1) is 7.32. The van der Waals surface area contributed by atoms with Crippen molar-refractivity contribution < 1.29 is 4.74 Å². The molecule has 1 unspecified atom stereocenters. The van der Waals surface area contributed by atoms with E-state index in [2.05, 4.69) is 45.9 Å². The van der Waals surface area contributed by atoms with Crippen molar-refractivity contribution in [2.75, 3.05) is 6.61 Å². The molecule has 88 valence electrons. The average Bonchev–Trinajstić information content (AvgIpc) is 2.15. The largest absolute Gasteiger partial charge is 0.493 e. The third kappa shape index (κ3) is 1.82. The highest BCUT2D eigenvalue weighted by Gasteiger charge is 2.32. The topological polar surface area (TPSA) is 35.2 Å².